The van der Waals surface area contributed by atoms with E-state index >= 15 is 0 Å². The lowest BCUT2D eigenvalue weighted by molar-refractivity contribution is 0.0909. The van der Waals surface area contributed by atoms with Gasteiger partial charge in [0.15, 0.2) is 17.4 Å². The van der Waals surface area contributed by atoms with Crippen molar-refractivity contribution in [1.82, 2.24) is 9.88 Å². The minimum Gasteiger partial charge on any atom is -0.449 e. The van der Waals surface area contributed by atoms with Crippen LogP contribution in [0.3, 0.4) is 0 Å². The zero-order valence-electron chi connectivity index (χ0n) is 18.0. The Morgan fingerprint density at radius 3 is 2.62 bits per heavy atom. The zero-order chi connectivity index (χ0) is 23.2. The number of ether oxygens (including phenoxy) is 1. The van der Waals surface area contributed by atoms with Gasteiger partial charge in [-0.1, -0.05) is 6.08 Å². The van der Waals surface area contributed by atoms with Crippen molar-refractivity contribution in [2.24, 2.45) is 0 Å². The van der Waals surface area contributed by atoms with E-state index in [0.717, 1.165) is 12.1 Å². The Hall–Kier alpha value is -3.13. The van der Waals surface area contributed by atoms with Gasteiger partial charge in [-0.2, -0.15) is 0 Å². The van der Waals surface area contributed by atoms with Gasteiger partial charge in [0.25, 0.3) is 0 Å². The molecule has 168 valence electrons. The summed E-state index contributed by atoms with van der Waals surface area (Å²) in [6, 6.07) is 2.20. The van der Waals surface area contributed by atoms with Crippen molar-refractivity contribution in [2.45, 2.75) is 45.2 Å². The molecule has 0 radical (unpaired) electrons. The maximum atomic E-state index is 14.3. The van der Waals surface area contributed by atoms with Crippen LogP contribution >= 0.6 is 0 Å². The summed E-state index contributed by atoms with van der Waals surface area (Å²) in [4.78, 5) is 26.0. The predicted octanol–water partition coefficient (Wildman–Crippen LogP) is 4.83. The molecule has 1 N–H and O–H groups in total. The fraction of sp³-hybridized carbons (Fsp3) is 0.333. The summed E-state index contributed by atoms with van der Waals surface area (Å²) in [5, 5.41) is 3.25. The molecule has 4 rings (SSSR count). The molecule has 1 unspecified atom stereocenters. The number of hydrogen-bond donors (Lipinski definition) is 1. The SMILES string of the molecule is CCOC(=O)n1c2c(c3c1CC(C(=O)c1ccc(F)c(F)c1)NC3(C)C)C=C(F)C=CC2. The van der Waals surface area contributed by atoms with Crippen LogP contribution in [0.4, 0.5) is 18.0 Å². The van der Waals surface area contributed by atoms with Crippen LogP contribution in [0.1, 0.15) is 53.6 Å². The third-order valence-electron chi connectivity index (χ3n) is 5.81. The Balaban J connectivity index is 1.85. The monoisotopic (exact) mass is 444 g/mol. The number of benzene rings is 1. The lowest BCUT2D eigenvalue weighted by Crippen LogP contribution is -2.53. The molecule has 1 aromatic heterocycles. The largest absolute Gasteiger partial charge is 0.449 e. The number of fused-ring (bicyclic) bond motifs is 3. The number of aromatic nitrogens is 1. The van der Waals surface area contributed by atoms with Crippen molar-refractivity contribution < 1.29 is 27.5 Å². The quantitative estimate of drug-likeness (QED) is 0.690. The van der Waals surface area contributed by atoms with E-state index in [0.29, 0.717) is 28.9 Å². The van der Waals surface area contributed by atoms with Crippen LogP contribution in [0.5, 0.6) is 0 Å². The molecule has 0 saturated carbocycles. The lowest BCUT2D eigenvalue weighted by Gasteiger charge is -2.38. The first-order chi connectivity index (χ1) is 15.1. The second-order valence-corrected chi connectivity index (χ2v) is 8.37. The van der Waals surface area contributed by atoms with Gasteiger partial charge in [0.05, 0.1) is 12.6 Å². The number of ketones is 1. The summed E-state index contributed by atoms with van der Waals surface area (Å²) < 4.78 is 48.0. The van der Waals surface area contributed by atoms with Crippen LogP contribution in [0.15, 0.2) is 36.2 Å². The summed E-state index contributed by atoms with van der Waals surface area (Å²) in [6.45, 7) is 5.50. The number of hydrogen-bond acceptors (Lipinski definition) is 4. The van der Waals surface area contributed by atoms with Crippen molar-refractivity contribution >= 4 is 18.0 Å². The first-order valence-corrected chi connectivity index (χ1v) is 10.4. The Morgan fingerprint density at radius 2 is 1.94 bits per heavy atom. The average molecular weight is 444 g/mol. The predicted molar refractivity (Wildman–Crippen MR) is 113 cm³/mol. The van der Waals surface area contributed by atoms with Gasteiger partial charge < -0.3 is 4.74 Å². The lowest BCUT2D eigenvalue weighted by atomic mass is 9.81. The standard InChI is InChI=1S/C24H23F3N2O3/c1-4-32-23(31)29-19-7-5-6-14(25)11-15(19)21-20(29)12-18(28-24(21,2)3)22(30)13-8-9-16(26)17(27)10-13/h5-6,8-11,18,28H,4,7,12H2,1-3H3. The van der Waals surface area contributed by atoms with Crippen LogP contribution in [0.2, 0.25) is 0 Å². The molecule has 8 heteroatoms. The van der Waals surface area contributed by atoms with E-state index in [9.17, 15) is 22.8 Å². The van der Waals surface area contributed by atoms with E-state index < -0.39 is 40.9 Å². The van der Waals surface area contributed by atoms with Crippen molar-refractivity contribution in [2.75, 3.05) is 6.61 Å². The first kappa shape index (κ1) is 22.1. The molecule has 0 fully saturated rings. The van der Waals surface area contributed by atoms with Crippen LogP contribution in [0.25, 0.3) is 6.08 Å². The number of Topliss-reactive ketones (excluding diaryl/α,β-unsaturated/α-hetero) is 1. The summed E-state index contributed by atoms with van der Waals surface area (Å²) >= 11 is 0. The van der Waals surface area contributed by atoms with Crippen molar-refractivity contribution in [1.29, 1.82) is 0 Å². The molecule has 0 saturated heterocycles. The van der Waals surface area contributed by atoms with E-state index in [1.165, 1.54) is 22.8 Å². The molecule has 0 spiro atoms. The topological polar surface area (TPSA) is 60.3 Å². The average Bonchev–Trinajstić information content (AvgIpc) is 2.91. The molecule has 1 aliphatic heterocycles. The van der Waals surface area contributed by atoms with Crippen molar-refractivity contribution in [3.63, 3.8) is 0 Å². The van der Waals surface area contributed by atoms with Gasteiger partial charge in [0.1, 0.15) is 5.83 Å². The normalized spacial score (nSPS) is 18.9. The van der Waals surface area contributed by atoms with Gasteiger partial charge in [0, 0.05) is 46.5 Å². The molecule has 1 aromatic carbocycles. The Bertz CT molecular complexity index is 1180. The highest BCUT2D eigenvalue weighted by Crippen LogP contribution is 2.40. The van der Waals surface area contributed by atoms with Crippen LogP contribution < -0.4 is 5.32 Å². The van der Waals surface area contributed by atoms with Gasteiger partial charge in [-0.25, -0.2) is 18.0 Å². The Labute approximate surface area is 183 Å². The van der Waals surface area contributed by atoms with Gasteiger partial charge in [-0.3, -0.25) is 14.7 Å². The minimum atomic E-state index is -1.11. The maximum absolute atomic E-state index is 14.3. The van der Waals surface area contributed by atoms with Gasteiger partial charge in [-0.15, -0.1) is 0 Å². The number of halogens is 3. The van der Waals surface area contributed by atoms with E-state index in [4.69, 9.17) is 4.74 Å². The summed E-state index contributed by atoms with van der Waals surface area (Å²) in [6.07, 6.45) is 4.16. The molecule has 5 nitrogen and oxygen atoms in total. The fourth-order valence-corrected chi connectivity index (χ4v) is 4.58. The Morgan fingerprint density at radius 1 is 1.19 bits per heavy atom. The Kier molecular flexibility index (Phi) is 5.58. The molecule has 2 aliphatic rings. The highest BCUT2D eigenvalue weighted by atomic mass is 19.2. The van der Waals surface area contributed by atoms with Gasteiger partial charge >= 0.3 is 6.09 Å². The molecule has 1 atom stereocenters. The van der Waals surface area contributed by atoms with Gasteiger partial charge in [-0.05, 0) is 51.1 Å². The van der Waals surface area contributed by atoms with E-state index in [2.05, 4.69) is 5.32 Å². The molecule has 2 aromatic rings. The first-order valence-electron chi connectivity index (χ1n) is 10.4. The van der Waals surface area contributed by atoms with Crippen molar-refractivity contribution in [3.05, 3.63) is 75.9 Å². The van der Waals surface area contributed by atoms with Crippen molar-refractivity contribution in [3.8, 4) is 0 Å². The molecule has 32 heavy (non-hydrogen) atoms. The summed E-state index contributed by atoms with van der Waals surface area (Å²) in [5.41, 5.74) is 1.59. The third kappa shape index (κ3) is 3.68. The highest BCUT2D eigenvalue weighted by Gasteiger charge is 2.42. The van der Waals surface area contributed by atoms with Crippen LogP contribution in [-0.4, -0.2) is 29.1 Å². The van der Waals surface area contributed by atoms with E-state index in [-0.39, 0.29) is 18.6 Å². The minimum absolute atomic E-state index is 0.0188. The van der Waals surface area contributed by atoms with Gasteiger partial charge in [0.2, 0.25) is 0 Å². The number of allylic oxidation sites excluding steroid dienone is 3. The highest BCUT2D eigenvalue weighted by molar-refractivity contribution is 6.00. The molecule has 0 bridgehead atoms. The molecule has 2 heterocycles. The third-order valence-corrected chi connectivity index (χ3v) is 5.81. The van der Waals surface area contributed by atoms with E-state index in [1.807, 2.05) is 13.8 Å². The maximum Gasteiger partial charge on any atom is 0.418 e. The molecular formula is C24H23F3N2O3. The number of rotatable bonds is 3. The van der Waals surface area contributed by atoms with Crippen LogP contribution in [-0.2, 0) is 23.1 Å². The number of carbonyl (C=O) groups excluding carboxylic acids is 2. The smallest absolute Gasteiger partial charge is 0.418 e. The van der Waals surface area contributed by atoms with E-state index in [1.54, 1.807) is 13.0 Å². The second-order valence-electron chi connectivity index (χ2n) is 8.37. The number of nitrogens with one attached hydrogen (secondary N) is 1. The number of carbonyl (C=O) groups is 2. The molecule has 1 aliphatic carbocycles. The second kappa shape index (κ2) is 8.09. The molecular weight excluding hydrogens is 421 g/mol. The summed E-state index contributed by atoms with van der Waals surface area (Å²) in [5.74, 6) is -3.03. The summed E-state index contributed by atoms with van der Waals surface area (Å²) in [7, 11) is 0. The zero-order valence-corrected chi connectivity index (χ0v) is 18.0. The van der Waals surface area contributed by atoms with Crippen LogP contribution in [0, 0.1) is 11.6 Å². The molecule has 0 amide bonds. The number of nitrogens with zero attached hydrogens (tertiary/aromatic N) is 1. The fourth-order valence-electron chi connectivity index (χ4n) is 4.58.